The van der Waals surface area contributed by atoms with Gasteiger partial charge in [-0.15, -0.1) is 0 Å². The highest BCUT2D eigenvalue weighted by Gasteiger charge is 2.33. The number of nitrogens with zero attached hydrogens (tertiary/aromatic N) is 7. The van der Waals surface area contributed by atoms with Gasteiger partial charge in [0.2, 0.25) is 0 Å². The minimum Gasteiger partial charge on any atom is -0.448 e. The highest BCUT2D eigenvalue weighted by atomic mass is 16.6. The molecule has 35 heavy (non-hydrogen) atoms. The van der Waals surface area contributed by atoms with Crippen LogP contribution < -0.4 is 0 Å². The molecule has 2 fully saturated rings. The largest absolute Gasteiger partial charge is 0.448 e. The second-order valence-corrected chi connectivity index (χ2v) is 9.26. The van der Waals surface area contributed by atoms with E-state index in [1.54, 1.807) is 4.68 Å². The van der Waals surface area contributed by atoms with Gasteiger partial charge in [0.1, 0.15) is 6.61 Å². The van der Waals surface area contributed by atoms with E-state index in [1.807, 2.05) is 55.1 Å². The number of hydrogen-bond donors (Lipinski definition) is 0. The number of rotatable bonds is 5. The average Bonchev–Trinajstić information content (AvgIpc) is 3.66. The first-order valence-electron chi connectivity index (χ1n) is 12.0. The van der Waals surface area contributed by atoms with E-state index in [-0.39, 0.29) is 12.1 Å². The van der Waals surface area contributed by atoms with Crippen molar-refractivity contribution in [1.82, 2.24) is 34.4 Å². The summed E-state index contributed by atoms with van der Waals surface area (Å²) >= 11 is 0. The SMILES string of the molecule is Cn1cc(-c2cccc(-c3ncc(-c4cnn(C5CCC(N6CCOC6=O)CC5)c4)cn3)c2)cn1. The number of aryl methyl sites for hydroxylation is 1. The lowest BCUT2D eigenvalue weighted by molar-refractivity contribution is 0.132. The molecule has 0 atom stereocenters. The number of ether oxygens (including phenoxy) is 1. The van der Waals surface area contributed by atoms with Crippen molar-refractivity contribution in [2.24, 2.45) is 7.05 Å². The molecule has 9 nitrogen and oxygen atoms in total. The molecule has 1 aliphatic heterocycles. The fourth-order valence-corrected chi connectivity index (χ4v) is 5.09. The van der Waals surface area contributed by atoms with Gasteiger partial charge in [0.05, 0.1) is 25.0 Å². The number of carbonyl (C=O) groups is 1. The summed E-state index contributed by atoms with van der Waals surface area (Å²) in [5, 5.41) is 8.89. The Labute approximate surface area is 203 Å². The van der Waals surface area contributed by atoms with Crippen LogP contribution in [0, 0.1) is 0 Å². The Balaban J connectivity index is 1.13. The summed E-state index contributed by atoms with van der Waals surface area (Å²) in [4.78, 5) is 23.0. The second-order valence-electron chi connectivity index (χ2n) is 9.26. The van der Waals surface area contributed by atoms with Crippen LogP contribution in [0.25, 0.3) is 33.6 Å². The van der Waals surface area contributed by atoms with Crippen LogP contribution in [0.5, 0.6) is 0 Å². The van der Waals surface area contributed by atoms with Crippen LogP contribution in [0.3, 0.4) is 0 Å². The van der Waals surface area contributed by atoms with Gasteiger partial charge in [0, 0.05) is 60.1 Å². The van der Waals surface area contributed by atoms with Gasteiger partial charge in [-0.1, -0.05) is 18.2 Å². The van der Waals surface area contributed by atoms with Crippen LogP contribution in [-0.4, -0.2) is 59.7 Å². The molecule has 6 rings (SSSR count). The number of aromatic nitrogens is 6. The predicted octanol–water partition coefficient (Wildman–Crippen LogP) is 4.34. The van der Waals surface area contributed by atoms with Crippen molar-refractivity contribution < 1.29 is 9.53 Å². The Bertz CT molecular complexity index is 1340. The number of cyclic esters (lactones) is 1. The maximum atomic E-state index is 11.9. The zero-order chi connectivity index (χ0) is 23.8. The van der Waals surface area contributed by atoms with E-state index in [9.17, 15) is 4.79 Å². The molecule has 0 unspecified atom stereocenters. The lowest BCUT2D eigenvalue weighted by Crippen LogP contribution is -2.39. The zero-order valence-corrected chi connectivity index (χ0v) is 19.6. The van der Waals surface area contributed by atoms with Crippen LogP contribution in [0.1, 0.15) is 31.7 Å². The van der Waals surface area contributed by atoms with E-state index in [4.69, 9.17) is 4.74 Å². The van der Waals surface area contributed by atoms with Gasteiger partial charge in [-0.05, 0) is 37.3 Å². The van der Waals surface area contributed by atoms with E-state index in [0.29, 0.717) is 25.0 Å². The van der Waals surface area contributed by atoms with Gasteiger partial charge >= 0.3 is 6.09 Å². The fraction of sp³-hybridized carbons (Fsp3) is 0.346. The third kappa shape index (κ3) is 4.29. The molecule has 1 saturated heterocycles. The highest BCUT2D eigenvalue weighted by Crippen LogP contribution is 2.33. The predicted molar refractivity (Wildman–Crippen MR) is 130 cm³/mol. The molecule has 1 amide bonds. The quantitative estimate of drug-likeness (QED) is 0.432. The summed E-state index contributed by atoms with van der Waals surface area (Å²) in [7, 11) is 1.91. The van der Waals surface area contributed by atoms with E-state index in [0.717, 1.165) is 53.5 Å². The van der Waals surface area contributed by atoms with Crippen LogP contribution in [-0.2, 0) is 11.8 Å². The molecule has 0 bridgehead atoms. The van der Waals surface area contributed by atoms with Gasteiger partial charge in [0.15, 0.2) is 5.82 Å². The van der Waals surface area contributed by atoms with Crippen molar-refractivity contribution in [3.05, 3.63) is 61.4 Å². The third-order valence-corrected chi connectivity index (χ3v) is 7.02. The first-order chi connectivity index (χ1) is 17.1. The normalized spacial score (nSPS) is 20.3. The van der Waals surface area contributed by atoms with Crippen LogP contribution in [0.2, 0.25) is 0 Å². The number of carbonyl (C=O) groups excluding carboxylic acids is 1. The number of amides is 1. The maximum absolute atomic E-state index is 11.9. The van der Waals surface area contributed by atoms with Crippen LogP contribution in [0.4, 0.5) is 4.79 Å². The molecule has 1 saturated carbocycles. The highest BCUT2D eigenvalue weighted by molar-refractivity contribution is 5.70. The Morgan fingerprint density at radius 3 is 2.26 bits per heavy atom. The Hall–Kier alpha value is -4.01. The Morgan fingerprint density at radius 2 is 1.54 bits per heavy atom. The van der Waals surface area contributed by atoms with Crippen molar-refractivity contribution >= 4 is 6.09 Å². The monoisotopic (exact) mass is 469 g/mol. The van der Waals surface area contributed by atoms with E-state index >= 15 is 0 Å². The maximum Gasteiger partial charge on any atom is 0.410 e. The second kappa shape index (κ2) is 8.98. The molecule has 2 aliphatic rings. The first kappa shape index (κ1) is 21.5. The van der Waals surface area contributed by atoms with Gasteiger partial charge in [-0.3, -0.25) is 9.36 Å². The minimum absolute atomic E-state index is 0.165. The molecule has 178 valence electrons. The van der Waals surface area contributed by atoms with E-state index < -0.39 is 0 Å². The average molecular weight is 470 g/mol. The minimum atomic E-state index is -0.165. The third-order valence-electron chi connectivity index (χ3n) is 7.02. The Morgan fingerprint density at radius 1 is 0.829 bits per heavy atom. The molecular weight excluding hydrogens is 442 g/mol. The molecule has 1 aromatic carbocycles. The topological polar surface area (TPSA) is 91.0 Å². The molecule has 3 aromatic heterocycles. The van der Waals surface area contributed by atoms with Crippen LogP contribution >= 0.6 is 0 Å². The van der Waals surface area contributed by atoms with Crippen molar-refractivity contribution in [2.75, 3.05) is 13.2 Å². The molecule has 1 aliphatic carbocycles. The van der Waals surface area contributed by atoms with Gasteiger partial charge in [0.25, 0.3) is 0 Å². The van der Waals surface area contributed by atoms with Gasteiger partial charge in [-0.2, -0.15) is 10.2 Å². The van der Waals surface area contributed by atoms with Gasteiger partial charge in [-0.25, -0.2) is 14.8 Å². The summed E-state index contributed by atoms with van der Waals surface area (Å²) in [6.07, 6.45) is 15.3. The molecule has 4 heterocycles. The summed E-state index contributed by atoms with van der Waals surface area (Å²) in [5.74, 6) is 0.686. The molecule has 0 radical (unpaired) electrons. The summed E-state index contributed by atoms with van der Waals surface area (Å²) in [5.41, 5.74) is 5.06. The van der Waals surface area contributed by atoms with E-state index in [2.05, 4.69) is 43.2 Å². The van der Waals surface area contributed by atoms with Crippen LogP contribution in [0.15, 0.2) is 61.4 Å². The molecule has 4 aromatic rings. The summed E-state index contributed by atoms with van der Waals surface area (Å²) < 4.78 is 8.95. The lowest BCUT2D eigenvalue weighted by Gasteiger charge is -2.33. The van der Waals surface area contributed by atoms with E-state index in [1.165, 1.54) is 0 Å². The number of hydrogen-bond acceptors (Lipinski definition) is 6. The van der Waals surface area contributed by atoms with Crippen molar-refractivity contribution in [2.45, 2.75) is 37.8 Å². The molecule has 0 N–H and O–H groups in total. The first-order valence-corrected chi connectivity index (χ1v) is 12.0. The fourth-order valence-electron chi connectivity index (χ4n) is 5.09. The van der Waals surface area contributed by atoms with Crippen molar-refractivity contribution in [3.63, 3.8) is 0 Å². The summed E-state index contributed by atoms with van der Waals surface area (Å²) in [6.45, 7) is 1.22. The zero-order valence-electron chi connectivity index (χ0n) is 19.6. The standard InChI is InChI=1S/C26H27N7O2/c1-31-16-21(14-29-31)18-3-2-4-19(11-18)25-27-12-20(13-28-25)22-15-30-33(17-22)24-7-5-23(6-8-24)32-9-10-35-26(32)34/h2-4,11-17,23-24H,5-10H2,1H3. The number of benzene rings is 1. The smallest absolute Gasteiger partial charge is 0.410 e. The van der Waals surface area contributed by atoms with Crippen molar-refractivity contribution in [1.29, 1.82) is 0 Å². The van der Waals surface area contributed by atoms with Crippen molar-refractivity contribution in [3.8, 4) is 33.6 Å². The molecular formula is C26H27N7O2. The lowest BCUT2D eigenvalue weighted by atomic mass is 9.90. The molecule has 0 spiro atoms. The molecule has 9 heteroatoms. The Kier molecular flexibility index (Phi) is 5.52. The summed E-state index contributed by atoms with van der Waals surface area (Å²) in [6, 6.07) is 8.81. The van der Waals surface area contributed by atoms with Gasteiger partial charge < -0.3 is 9.64 Å².